The van der Waals surface area contributed by atoms with Crippen LogP contribution in [0.1, 0.15) is 5.56 Å². The van der Waals surface area contributed by atoms with Crippen molar-refractivity contribution in [2.45, 2.75) is 12.7 Å². The van der Waals surface area contributed by atoms with Gasteiger partial charge >= 0.3 is 12.2 Å². The molecule has 0 fully saturated rings. The van der Waals surface area contributed by atoms with Crippen LogP contribution in [0.3, 0.4) is 0 Å². The summed E-state index contributed by atoms with van der Waals surface area (Å²) in [5, 5.41) is 7.14. The number of carbonyl (C=O) groups is 1. The van der Waals surface area contributed by atoms with E-state index in [9.17, 15) is 26.4 Å². The van der Waals surface area contributed by atoms with E-state index < -0.39 is 28.6 Å². The van der Waals surface area contributed by atoms with Gasteiger partial charge in [0.15, 0.2) is 0 Å². The van der Waals surface area contributed by atoms with Crippen molar-refractivity contribution in [1.29, 1.82) is 0 Å². The Balaban J connectivity index is 1.52. The molecule has 2 aromatic heterocycles. The fourth-order valence-electron chi connectivity index (χ4n) is 3.17. The number of fused-ring (bicyclic) bond motifs is 1. The van der Waals surface area contributed by atoms with Gasteiger partial charge < -0.3 is 20.8 Å². The van der Waals surface area contributed by atoms with Crippen LogP contribution in [0.25, 0.3) is 16.9 Å². The minimum Gasteiger partial charge on any atom is -0.329 e. The average molecular weight is 529 g/mol. The number of hydrogen-bond acceptors (Lipinski definition) is 7. The molecule has 196 valence electrons. The molecular weight excluding hydrogens is 501 g/mol. The number of nitrogens with zero attached hydrogens (tertiary/aromatic N) is 2. The fraction of sp³-hybridized carbons (Fsp3) is 0.364. The lowest BCUT2D eigenvalue weighted by atomic mass is 10.1. The van der Waals surface area contributed by atoms with E-state index >= 15 is 0 Å². The molecule has 14 heteroatoms. The van der Waals surface area contributed by atoms with Crippen molar-refractivity contribution in [2.75, 3.05) is 43.6 Å². The van der Waals surface area contributed by atoms with Crippen LogP contribution in [-0.2, 0) is 21.2 Å². The molecule has 2 amide bonds. The van der Waals surface area contributed by atoms with E-state index in [2.05, 4.69) is 21.1 Å². The predicted octanol–water partition coefficient (Wildman–Crippen LogP) is 2.34. The summed E-state index contributed by atoms with van der Waals surface area (Å²) in [7, 11) is -2.99. The first-order valence-electron chi connectivity index (χ1n) is 10.9. The number of hydrogen-bond donors (Lipinski definition) is 4. The number of benzene rings is 1. The maximum Gasteiger partial charge on any atom is 0.405 e. The summed E-state index contributed by atoms with van der Waals surface area (Å²) in [4.78, 5) is 21.5. The van der Waals surface area contributed by atoms with Gasteiger partial charge in [0.1, 0.15) is 22.0 Å². The standard InChI is InChI=1S/C22H27F3N6O4S/c1-36(33,34)10-7-26-6-9-35-29-13-16-5-8-31-19(14-27-20(31)11-16)17-3-2-4-18(12-17)30-21(32)28-15-22(23,24)25/h2-5,8,11-12,14,26,29H,6-7,9-10,13,15H2,1H3,(H2,28,30,32). The van der Waals surface area contributed by atoms with E-state index in [1.54, 1.807) is 35.8 Å². The van der Waals surface area contributed by atoms with Crippen molar-refractivity contribution < 1.29 is 31.2 Å². The fourth-order valence-corrected chi connectivity index (χ4v) is 3.69. The van der Waals surface area contributed by atoms with Crippen LogP contribution < -0.4 is 21.4 Å². The monoisotopic (exact) mass is 528 g/mol. The van der Waals surface area contributed by atoms with Crippen LogP contribution >= 0.6 is 0 Å². The average Bonchev–Trinajstić information content (AvgIpc) is 3.22. The van der Waals surface area contributed by atoms with Gasteiger partial charge in [0.25, 0.3) is 0 Å². The molecule has 3 rings (SSSR count). The number of sulfone groups is 1. The second kappa shape index (κ2) is 12.2. The molecule has 0 radical (unpaired) electrons. The summed E-state index contributed by atoms with van der Waals surface area (Å²) in [6.07, 6.45) is 0.188. The zero-order valence-corrected chi connectivity index (χ0v) is 20.2. The Hall–Kier alpha value is -3.20. The molecule has 0 atom stereocenters. The van der Waals surface area contributed by atoms with Crippen LogP contribution in [0, 0.1) is 0 Å². The second-order valence-corrected chi connectivity index (χ2v) is 10.2. The van der Waals surface area contributed by atoms with Gasteiger partial charge in [0.05, 0.1) is 24.3 Å². The number of aromatic nitrogens is 2. The molecule has 1 aromatic carbocycles. The van der Waals surface area contributed by atoms with Gasteiger partial charge in [-0.2, -0.15) is 18.7 Å². The molecule has 0 saturated carbocycles. The van der Waals surface area contributed by atoms with Crippen LogP contribution in [0.15, 0.2) is 48.8 Å². The van der Waals surface area contributed by atoms with E-state index in [1.807, 2.05) is 22.7 Å². The highest BCUT2D eigenvalue weighted by molar-refractivity contribution is 7.90. The predicted molar refractivity (Wildman–Crippen MR) is 129 cm³/mol. The molecule has 3 aromatic rings. The molecule has 0 aliphatic heterocycles. The van der Waals surface area contributed by atoms with Crippen molar-refractivity contribution >= 4 is 27.2 Å². The molecule has 0 spiro atoms. The van der Waals surface area contributed by atoms with Gasteiger partial charge in [-0.15, -0.1) is 0 Å². The molecule has 4 N–H and O–H groups in total. The van der Waals surface area contributed by atoms with Crippen LogP contribution in [0.5, 0.6) is 0 Å². The topological polar surface area (TPSA) is 126 Å². The number of pyridine rings is 1. The summed E-state index contributed by atoms with van der Waals surface area (Å²) >= 11 is 0. The molecule has 0 saturated heterocycles. The first kappa shape index (κ1) is 27.4. The highest BCUT2D eigenvalue weighted by Gasteiger charge is 2.27. The normalized spacial score (nSPS) is 12.1. The highest BCUT2D eigenvalue weighted by atomic mass is 32.2. The van der Waals surface area contributed by atoms with E-state index in [1.165, 1.54) is 6.26 Å². The maximum atomic E-state index is 12.3. The SMILES string of the molecule is CS(=O)(=O)CCNCCONCc1ccn2c(-c3cccc(NC(=O)NCC(F)(F)F)c3)cnc2c1. The first-order chi connectivity index (χ1) is 17.0. The Labute approximate surface area is 206 Å². The third-order valence-electron chi connectivity index (χ3n) is 4.85. The van der Waals surface area contributed by atoms with Crippen LogP contribution in [0.4, 0.5) is 23.7 Å². The largest absolute Gasteiger partial charge is 0.405 e. The van der Waals surface area contributed by atoms with E-state index in [4.69, 9.17) is 4.84 Å². The molecule has 0 aliphatic carbocycles. The number of nitrogens with one attached hydrogen (secondary N) is 4. The maximum absolute atomic E-state index is 12.3. The van der Waals surface area contributed by atoms with Gasteiger partial charge in [0.2, 0.25) is 0 Å². The summed E-state index contributed by atoms with van der Waals surface area (Å²) in [6.45, 7) is 0.233. The third-order valence-corrected chi connectivity index (χ3v) is 5.80. The lowest BCUT2D eigenvalue weighted by molar-refractivity contribution is -0.122. The first-order valence-corrected chi connectivity index (χ1v) is 13.0. The molecule has 0 unspecified atom stereocenters. The number of carbonyl (C=O) groups excluding carboxylic acids is 1. The summed E-state index contributed by atoms with van der Waals surface area (Å²) in [5.74, 6) is 0.0742. The van der Waals surface area contributed by atoms with Crippen molar-refractivity contribution in [3.8, 4) is 11.3 Å². The number of urea groups is 1. The number of alkyl halides is 3. The Bertz CT molecular complexity index is 1280. The number of halogens is 3. The minimum absolute atomic E-state index is 0.0742. The smallest absolute Gasteiger partial charge is 0.329 e. The van der Waals surface area contributed by atoms with Crippen molar-refractivity contribution in [2.24, 2.45) is 0 Å². The summed E-state index contributed by atoms with van der Waals surface area (Å²) in [5.41, 5.74) is 6.23. The number of rotatable bonds is 12. The Morgan fingerprint density at radius 1 is 1.17 bits per heavy atom. The molecule has 0 aliphatic rings. The van der Waals surface area contributed by atoms with Crippen LogP contribution in [-0.4, -0.2) is 68.3 Å². The Morgan fingerprint density at radius 3 is 2.72 bits per heavy atom. The number of imidazole rings is 1. The Morgan fingerprint density at radius 2 is 1.97 bits per heavy atom. The number of anilines is 1. The van der Waals surface area contributed by atoms with Gasteiger partial charge in [-0.25, -0.2) is 18.2 Å². The molecule has 2 heterocycles. The van der Waals surface area contributed by atoms with Gasteiger partial charge in [-0.1, -0.05) is 12.1 Å². The van der Waals surface area contributed by atoms with Gasteiger partial charge in [-0.3, -0.25) is 4.40 Å². The lowest BCUT2D eigenvalue weighted by Gasteiger charge is -2.11. The van der Waals surface area contributed by atoms with Crippen molar-refractivity contribution in [3.63, 3.8) is 0 Å². The summed E-state index contributed by atoms with van der Waals surface area (Å²) in [6, 6.07) is 9.50. The minimum atomic E-state index is -4.49. The highest BCUT2D eigenvalue weighted by Crippen LogP contribution is 2.24. The quantitative estimate of drug-likeness (QED) is 0.210. The zero-order valence-electron chi connectivity index (χ0n) is 19.4. The molecule has 36 heavy (non-hydrogen) atoms. The third kappa shape index (κ3) is 9.11. The van der Waals surface area contributed by atoms with Gasteiger partial charge in [-0.05, 0) is 29.8 Å². The number of hydroxylamine groups is 1. The molecular formula is C22H27F3N6O4S. The summed E-state index contributed by atoms with van der Waals surface area (Å²) < 4.78 is 60.8. The van der Waals surface area contributed by atoms with Crippen LogP contribution in [0.2, 0.25) is 0 Å². The second-order valence-electron chi connectivity index (χ2n) is 7.96. The van der Waals surface area contributed by atoms with Crippen molar-refractivity contribution in [3.05, 3.63) is 54.4 Å². The lowest BCUT2D eigenvalue weighted by Crippen LogP contribution is -2.36. The van der Waals surface area contributed by atoms with E-state index in [0.29, 0.717) is 43.1 Å². The number of amides is 2. The zero-order chi connectivity index (χ0) is 26.2. The molecule has 0 bridgehead atoms. The Kier molecular flexibility index (Phi) is 9.25. The van der Waals surface area contributed by atoms with Crippen molar-refractivity contribution in [1.82, 2.24) is 25.5 Å². The van der Waals surface area contributed by atoms with E-state index in [-0.39, 0.29) is 5.75 Å². The molecule has 10 nitrogen and oxygen atoms in total. The van der Waals surface area contributed by atoms with E-state index in [0.717, 1.165) is 11.3 Å². The van der Waals surface area contributed by atoms with Gasteiger partial charge in [0, 0.05) is 43.3 Å².